The number of benzene rings is 2. The maximum atomic E-state index is 14.1. The van der Waals surface area contributed by atoms with Gasteiger partial charge in [0, 0.05) is 11.6 Å². The standard InChI is InChI=1S/C22H22F3N3O4/c1-20(2,3)14-10-8-13(9-11-14)17(29)26-21(22(23,24)25)18(30)28(19(31)27-21)15-6-5-7-16(12-15)32-4/h5-12H,1-4H3,(H,26,29)(H,27,31). The number of nitrogens with one attached hydrogen (secondary N) is 2. The number of methoxy groups -OCH3 is 1. The first-order valence-corrected chi connectivity index (χ1v) is 9.61. The van der Waals surface area contributed by atoms with Gasteiger partial charge < -0.3 is 10.1 Å². The highest BCUT2D eigenvalue weighted by Crippen LogP contribution is 2.36. The van der Waals surface area contributed by atoms with E-state index in [2.05, 4.69) is 0 Å². The number of imide groups is 1. The van der Waals surface area contributed by atoms with Gasteiger partial charge in [-0.05, 0) is 35.2 Å². The maximum Gasteiger partial charge on any atom is 0.440 e. The van der Waals surface area contributed by atoms with Crippen LogP contribution in [0.2, 0.25) is 0 Å². The normalized spacial score (nSPS) is 19.0. The number of urea groups is 1. The van der Waals surface area contributed by atoms with E-state index in [1.807, 2.05) is 20.8 Å². The molecule has 0 saturated carbocycles. The molecule has 7 nitrogen and oxygen atoms in total. The van der Waals surface area contributed by atoms with Gasteiger partial charge in [-0.15, -0.1) is 0 Å². The first-order chi connectivity index (χ1) is 14.8. The zero-order valence-corrected chi connectivity index (χ0v) is 17.8. The van der Waals surface area contributed by atoms with Crippen molar-refractivity contribution >= 4 is 23.5 Å². The summed E-state index contributed by atoms with van der Waals surface area (Å²) in [4.78, 5) is 38.3. The summed E-state index contributed by atoms with van der Waals surface area (Å²) >= 11 is 0. The number of rotatable bonds is 4. The zero-order chi connectivity index (χ0) is 23.9. The topological polar surface area (TPSA) is 87.7 Å². The van der Waals surface area contributed by atoms with Crippen LogP contribution in [-0.2, 0) is 10.2 Å². The smallest absolute Gasteiger partial charge is 0.440 e. The Hall–Kier alpha value is -3.56. The Bertz CT molecular complexity index is 1060. The van der Waals surface area contributed by atoms with Crippen molar-refractivity contribution in [3.05, 3.63) is 59.7 Å². The summed E-state index contributed by atoms with van der Waals surface area (Å²) in [6, 6.07) is 10.1. The Balaban J connectivity index is 1.96. The minimum atomic E-state index is -5.31. The van der Waals surface area contributed by atoms with Crippen LogP contribution in [-0.4, -0.2) is 36.8 Å². The van der Waals surface area contributed by atoms with Crippen LogP contribution < -0.4 is 20.3 Å². The molecule has 1 heterocycles. The van der Waals surface area contributed by atoms with E-state index in [1.54, 1.807) is 22.8 Å². The molecular formula is C22H22F3N3O4. The molecule has 3 rings (SSSR count). The third-order valence-electron chi connectivity index (χ3n) is 5.07. The second-order valence-corrected chi connectivity index (χ2v) is 8.30. The lowest BCUT2D eigenvalue weighted by molar-refractivity contribution is -0.197. The van der Waals surface area contributed by atoms with E-state index in [-0.39, 0.29) is 22.4 Å². The van der Waals surface area contributed by atoms with Crippen molar-refractivity contribution in [2.45, 2.75) is 38.0 Å². The van der Waals surface area contributed by atoms with Gasteiger partial charge in [-0.25, -0.2) is 9.69 Å². The van der Waals surface area contributed by atoms with E-state index in [4.69, 9.17) is 4.74 Å². The molecule has 1 aliphatic heterocycles. The molecule has 1 atom stereocenters. The zero-order valence-electron chi connectivity index (χ0n) is 17.8. The monoisotopic (exact) mass is 449 g/mol. The number of halogens is 3. The van der Waals surface area contributed by atoms with Gasteiger partial charge in [-0.2, -0.15) is 13.2 Å². The summed E-state index contributed by atoms with van der Waals surface area (Å²) < 4.78 is 47.2. The quantitative estimate of drug-likeness (QED) is 0.697. The highest BCUT2D eigenvalue weighted by Gasteiger charge is 2.69. The SMILES string of the molecule is COc1cccc(N2C(=O)NC(NC(=O)c3ccc(C(C)(C)C)cc3)(C(F)(F)F)C2=O)c1. The van der Waals surface area contributed by atoms with Crippen molar-refractivity contribution in [2.75, 3.05) is 12.0 Å². The van der Waals surface area contributed by atoms with Crippen molar-refractivity contribution in [1.82, 2.24) is 10.6 Å². The largest absolute Gasteiger partial charge is 0.497 e. The summed E-state index contributed by atoms with van der Waals surface area (Å²) in [5, 5.41) is 3.32. The van der Waals surface area contributed by atoms with Crippen LogP contribution in [0, 0.1) is 0 Å². The van der Waals surface area contributed by atoms with E-state index < -0.39 is 29.7 Å². The fourth-order valence-electron chi connectivity index (χ4n) is 3.23. The highest BCUT2D eigenvalue weighted by atomic mass is 19.4. The average Bonchev–Trinajstić information content (AvgIpc) is 2.97. The Morgan fingerprint density at radius 3 is 2.22 bits per heavy atom. The summed E-state index contributed by atoms with van der Waals surface area (Å²) in [5.41, 5.74) is -3.21. The van der Waals surface area contributed by atoms with Crippen molar-refractivity contribution in [3.8, 4) is 5.75 Å². The Morgan fingerprint density at radius 2 is 1.69 bits per heavy atom. The van der Waals surface area contributed by atoms with E-state index in [0.29, 0.717) is 4.90 Å². The molecule has 0 spiro atoms. The molecule has 10 heteroatoms. The van der Waals surface area contributed by atoms with E-state index >= 15 is 0 Å². The first-order valence-electron chi connectivity index (χ1n) is 9.61. The Labute approximate surface area is 182 Å². The van der Waals surface area contributed by atoms with Crippen LogP contribution in [0.3, 0.4) is 0 Å². The molecule has 0 bridgehead atoms. The van der Waals surface area contributed by atoms with Gasteiger partial charge in [0.2, 0.25) is 0 Å². The van der Waals surface area contributed by atoms with Crippen molar-refractivity contribution in [2.24, 2.45) is 0 Å². The van der Waals surface area contributed by atoms with Crippen LogP contribution in [0.15, 0.2) is 48.5 Å². The van der Waals surface area contributed by atoms with Crippen molar-refractivity contribution in [1.29, 1.82) is 0 Å². The van der Waals surface area contributed by atoms with Gasteiger partial charge in [-0.1, -0.05) is 39.0 Å². The van der Waals surface area contributed by atoms with Crippen LogP contribution in [0.4, 0.5) is 23.7 Å². The molecule has 32 heavy (non-hydrogen) atoms. The van der Waals surface area contributed by atoms with Gasteiger partial charge in [0.05, 0.1) is 12.8 Å². The molecular weight excluding hydrogens is 427 g/mol. The lowest BCUT2D eigenvalue weighted by Gasteiger charge is -2.30. The van der Waals surface area contributed by atoms with E-state index in [9.17, 15) is 27.6 Å². The predicted octanol–water partition coefficient (Wildman–Crippen LogP) is 3.74. The average molecular weight is 449 g/mol. The number of carbonyl (C=O) groups is 3. The lowest BCUT2D eigenvalue weighted by Crippen LogP contribution is -2.69. The number of anilines is 1. The molecule has 0 aliphatic carbocycles. The molecule has 1 fully saturated rings. The number of nitrogens with zero attached hydrogens (tertiary/aromatic N) is 1. The summed E-state index contributed by atoms with van der Waals surface area (Å²) in [6.45, 7) is 5.84. The summed E-state index contributed by atoms with van der Waals surface area (Å²) in [6.07, 6.45) is -5.31. The molecule has 0 aromatic heterocycles. The second kappa shape index (κ2) is 7.85. The van der Waals surface area contributed by atoms with Gasteiger partial charge in [0.25, 0.3) is 17.5 Å². The van der Waals surface area contributed by atoms with Crippen molar-refractivity contribution in [3.63, 3.8) is 0 Å². The van der Waals surface area contributed by atoms with Crippen LogP contribution in [0.5, 0.6) is 5.75 Å². The molecule has 1 unspecified atom stereocenters. The fraction of sp³-hybridized carbons (Fsp3) is 0.318. The van der Waals surface area contributed by atoms with Crippen molar-refractivity contribution < 1.29 is 32.3 Å². The first kappa shape index (κ1) is 23.1. The third-order valence-corrected chi connectivity index (χ3v) is 5.07. The molecule has 1 aliphatic rings. The number of amides is 4. The van der Waals surface area contributed by atoms with Gasteiger partial charge in [0.15, 0.2) is 0 Å². The summed E-state index contributed by atoms with van der Waals surface area (Å²) in [5.74, 6) is -2.61. The maximum absolute atomic E-state index is 14.1. The van der Waals surface area contributed by atoms with E-state index in [0.717, 1.165) is 5.56 Å². The Morgan fingerprint density at radius 1 is 1.06 bits per heavy atom. The number of ether oxygens (including phenoxy) is 1. The molecule has 0 radical (unpaired) electrons. The van der Waals surface area contributed by atoms with E-state index in [1.165, 1.54) is 43.5 Å². The number of hydrogen-bond donors (Lipinski definition) is 2. The third kappa shape index (κ3) is 4.00. The minimum Gasteiger partial charge on any atom is -0.497 e. The molecule has 2 aromatic rings. The number of alkyl halides is 3. The molecule has 2 N–H and O–H groups in total. The van der Waals surface area contributed by atoms with Crippen LogP contribution >= 0.6 is 0 Å². The minimum absolute atomic E-state index is 0.0940. The molecule has 2 aromatic carbocycles. The molecule has 4 amide bonds. The van der Waals surface area contributed by atoms with Gasteiger partial charge >= 0.3 is 12.2 Å². The van der Waals surface area contributed by atoms with Crippen LogP contribution in [0.1, 0.15) is 36.7 Å². The number of hydrogen-bond acceptors (Lipinski definition) is 4. The fourth-order valence-corrected chi connectivity index (χ4v) is 3.23. The molecule has 170 valence electrons. The summed E-state index contributed by atoms with van der Waals surface area (Å²) in [7, 11) is 1.33. The second-order valence-electron chi connectivity index (χ2n) is 8.30. The molecule has 1 saturated heterocycles. The lowest BCUT2D eigenvalue weighted by atomic mass is 9.86. The van der Waals surface area contributed by atoms with Gasteiger partial charge in [0.1, 0.15) is 5.75 Å². The van der Waals surface area contributed by atoms with Gasteiger partial charge in [-0.3, -0.25) is 14.9 Å². The Kier molecular flexibility index (Phi) is 5.67. The highest BCUT2D eigenvalue weighted by molar-refractivity contribution is 6.24. The predicted molar refractivity (Wildman–Crippen MR) is 110 cm³/mol. The number of carbonyl (C=O) groups excluding carboxylic acids is 3. The van der Waals surface area contributed by atoms with Crippen LogP contribution in [0.25, 0.3) is 0 Å².